The normalized spacial score (nSPS) is 15.6. The summed E-state index contributed by atoms with van der Waals surface area (Å²) >= 11 is 0.921. The number of aliphatic hydroxyl groups is 1. The molecule has 1 aliphatic heterocycles. The van der Waals surface area contributed by atoms with Gasteiger partial charge < -0.3 is 24.1 Å². The van der Waals surface area contributed by atoms with Crippen LogP contribution in [-0.2, 0) is 20.9 Å². The van der Waals surface area contributed by atoms with Crippen LogP contribution in [0.1, 0.15) is 51.4 Å². The van der Waals surface area contributed by atoms with Gasteiger partial charge in [0.15, 0.2) is 16.6 Å². The van der Waals surface area contributed by atoms with Gasteiger partial charge in [-0.2, -0.15) is 0 Å². The van der Waals surface area contributed by atoms with E-state index in [1.54, 1.807) is 49.4 Å². The molecule has 0 aliphatic carbocycles. The molecule has 5 rings (SSSR count). The number of methoxy groups -OCH3 is 2. The van der Waals surface area contributed by atoms with Gasteiger partial charge in [0, 0.05) is 5.56 Å². The lowest BCUT2D eigenvalue weighted by Gasteiger charge is -2.24. The molecule has 0 radical (unpaired) electrons. The molecule has 1 saturated heterocycles. The third-order valence-electron chi connectivity index (χ3n) is 7.13. The number of aromatic nitrogens is 1. The van der Waals surface area contributed by atoms with Crippen molar-refractivity contribution in [3.63, 3.8) is 0 Å². The van der Waals surface area contributed by atoms with Crippen LogP contribution in [0.4, 0.5) is 5.13 Å². The van der Waals surface area contributed by atoms with Gasteiger partial charge in [-0.25, -0.2) is 9.78 Å². The van der Waals surface area contributed by atoms with Gasteiger partial charge in [0.25, 0.3) is 5.78 Å². The summed E-state index contributed by atoms with van der Waals surface area (Å²) in [5.74, 6) is -1.51. The molecule has 0 bridgehead atoms. The molecule has 1 unspecified atom stereocenters. The van der Waals surface area contributed by atoms with E-state index < -0.39 is 23.7 Å². The van der Waals surface area contributed by atoms with Crippen LogP contribution in [0.25, 0.3) is 5.76 Å². The summed E-state index contributed by atoms with van der Waals surface area (Å²) in [5.41, 5.74) is 1.89. The Hall–Kier alpha value is -5.16. The maximum atomic E-state index is 13.7. The zero-order chi connectivity index (χ0) is 32.1. The number of nitrogens with zero attached hydrogens (tertiary/aromatic N) is 2. The van der Waals surface area contributed by atoms with Gasteiger partial charge in [-0.05, 0) is 48.7 Å². The van der Waals surface area contributed by atoms with Crippen molar-refractivity contribution in [1.82, 2.24) is 4.98 Å². The summed E-state index contributed by atoms with van der Waals surface area (Å²) in [6.45, 7) is 4.35. The van der Waals surface area contributed by atoms with Crippen LogP contribution < -0.4 is 19.1 Å². The van der Waals surface area contributed by atoms with Crippen LogP contribution in [-0.4, -0.2) is 48.6 Å². The van der Waals surface area contributed by atoms with Crippen molar-refractivity contribution in [3.05, 3.63) is 106 Å². The number of esters is 1. The van der Waals surface area contributed by atoms with Crippen molar-refractivity contribution >= 4 is 39.9 Å². The summed E-state index contributed by atoms with van der Waals surface area (Å²) in [4.78, 5) is 45.6. The quantitative estimate of drug-likeness (QED) is 0.0889. The van der Waals surface area contributed by atoms with Crippen molar-refractivity contribution in [2.75, 3.05) is 25.7 Å². The number of ether oxygens (including phenoxy) is 4. The van der Waals surface area contributed by atoms with Crippen molar-refractivity contribution in [3.8, 4) is 17.2 Å². The monoisotopic (exact) mass is 628 g/mol. The predicted molar refractivity (Wildman–Crippen MR) is 169 cm³/mol. The largest absolute Gasteiger partial charge is 0.507 e. The molecular formula is C34H32N2O8S. The van der Waals surface area contributed by atoms with E-state index in [4.69, 9.17) is 18.9 Å². The first-order valence-corrected chi connectivity index (χ1v) is 15.0. The Kier molecular flexibility index (Phi) is 9.48. The van der Waals surface area contributed by atoms with Crippen molar-refractivity contribution in [1.29, 1.82) is 0 Å². The number of carbonyl (C=O) groups is 3. The highest BCUT2D eigenvalue weighted by molar-refractivity contribution is 7.17. The number of amides is 1. The number of thiazole rings is 1. The van der Waals surface area contributed by atoms with Gasteiger partial charge in [0.05, 0.1) is 38.1 Å². The fourth-order valence-electron chi connectivity index (χ4n) is 4.93. The molecule has 1 aromatic heterocycles. The van der Waals surface area contributed by atoms with E-state index in [0.29, 0.717) is 47.3 Å². The summed E-state index contributed by atoms with van der Waals surface area (Å²) in [6, 6.07) is 20.2. The SMILES string of the molecule is CCCOc1cccc(/C(O)=C2\C(=O)C(=O)N(c3nc(C)c(C(=O)OC)s3)C2c2ccc(OCc3ccccc3)c(OC)c2)c1. The number of aliphatic hydroxyl groups excluding tert-OH is 1. The first kappa shape index (κ1) is 31.3. The van der Waals surface area contributed by atoms with E-state index in [0.717, 1.165) is 23.3 Å². The maximum Gasteiger partial charge on any atom is 0.350 e. The Morgan fingerprint density at radius 2 is 1.76 bits per heavy atom. The van der Waals surface area contributed by atoms with Gasteiger partial charge in [-0.15, -0.1) is 0 Å². The molecule has 4 aromatic rings. The zero-order valence-corrected chi connectivity index (χ0v) is 26.1. The Morgan fingerprint density at radius 1 is 0.978 bits per heavy atom. The van der Waals surface area contributed by atoms with Crippen molar-refractivity contribution in [2.24, 2.45) is 0 Å². The molecule has 1 aliphatic rings. The molecule has 2 heterocycles. The molecule has 0 spiro atoms. The van der Waals surface area contributed by atoms with Crippen LogP contribution in [0.2, 0.25) is 0 Å². The van der Waals surface area contributed by atoms with Gasteiger partial charge in [-0.1, -0.05) is 66.8 Å². The second-order valence-electron chi connectivity index (χ2n) is 10.1. The minimum atomic E-state index is -1.11. The van der Waals surface area contributed by atoms with Crippen LogP contribution in [0.5, 0.6) is 17.2 Å². The lowest BCUT2D eigenvalue weighted by atomic mass is 9.95. The fourth-order valence-corrected chi connectivity index (χ4v) is 5.94. The molecule has 1 N–H and O–H groups in total. The van der Waals surface area contributed by atoms with Crippen LogP contribution in [0.15, 0.2) is 78.4 Å². The second-order valence-corrected chi connectivity index (χ2v) is 11.1. The van der Waals surface area contributed by atoms with Crippen molar-refractivity contribution in [2.45, 2.75) is 32.9 Å². The van der Waals surface area contributed by atoms with E-state index in [1.807, 2.05) is 37.3 Å². The van der Waals surface area contributed by atoms with Crippen LogP contribution >= 0.6 is 11.3 Å². The lowest BCUT2D eigenvalue weighted by Crippen LogP contribution is -2.29. The molecule has 1 amide bonds. The number of hydrogen-bond acceptors (Lipinski definition) is 10. The number of benzene rings is 3. The number of hydrogen-bond donors (Lipinski definition) is 1. The number of rotatable bonds is 11. The molecule has 232 valence electrons. The topological polar surface area (TPSA) is 124 Å². The van der Waals surface area contributed by atoms with Gasteiger partial charge in [-0.3, -0.25) is 14.5 Å². The minimum absolute atomic E-state index is 0.0995. The highest BCUT2D eigenvalue weighted by atomic mass is 32.1. The number of Topliss-reactive ketones (excluding diaryl/α,β-unsaturated/α-hetero) is 1. The minimum Gasteiger partial charge on any atom is -0.507 e. The van der Waals surface area contributed by atoms with E-state index in [9.17, 15) is 19.5 Å². The lowest BCUT2D eigenvalue weighted by molar-refractivity contribution is -0.132. The highest BCUT2D eigenvalue weighted by Gasteiger charge is 2.48. The summed E-state index contributed by atoms with van der Waals surface area (Å²) in [5, 5.41) is 11.7. The third-order valence-corrected chi connectivity index (χ3v) is 8.26. The average Bonchev–Trinajstić information content (AvgIpc) is 3.58. The first-order valence-electron chi connectivity index (χ1n) is 14.2. The smallest absolute Gasteiger partial charge is 0.350 e. The first-order chi connectivity index (χ1) is 21.8. The molecule has 1 fully saturated rings. The number of carbonyl (C=O) groups excluding carboxylic acids is 3. The third kappa shape index (κ3) is 6.39. The molecule has 45 heavy (non-hydrogen) atoms. The van der Waals surface area contributed by atoms with E-state index in [-0.39, 0.29) is 21.3 Å². The van der Waals surface area contributed by atoms with E-state index in [1.165, 1.54) is 19.1 Å². The number of anilines is 1. The van der Waals surface area contributed by atoms with Gasteiger partial charge >= 0.3 is 11.9 Å². The Labute approximate surface area is 264 Å². The molecule has 10 nitrogen and oxygen atoms in total. The van der Waals surface area contributed by atoms with Gasteiger partial charge in [0.2, 0.25) is 0 Å². The predicted octanol–water partition coefficient (Wildman–Crippen LogP) is 6.24. The summed E-state index contributed by atoms with van der Waals surface area (Å²) < 4.78 is 22.3. The number of ketones is 1. The maximum absolute atomic E-state index is 13.7. The Morgan fingerprint density at radius 3 is 2.47 bits per heavy atom. The Balaban J connectivity index is 1.63. The molecular weight excluding hydrogens is 596 g/mol. The average molecular weight is 629 g/mol. The summed E-state index contributed by atoms with van der Waals surface area (Å²) in [7, 11) is 2.74. The molecule has 0 saturated carbocycles. The summed E-state index contributed by atoms with van der Waals surface area (Å²) in [6.07, 6.45) is 0.787. The highest BCUT2D eigenvalue weighted by Crippen LogP contribution is 2.45. The molecule has 11 heteroatoms. The van der Waals surface area contributed by atoms with Crippen molar-refractivity contribution < 1.29 is 38.4 Å². The van der Waals surface area contributed by atoms with E-state index in [2.05, 4.69) is 4.98 Å². The Bertz CT molecular complexity index is 1770. The zero-order valence-electron chi connectivity index (χ0n) is 25.2. The number of aryl methyl sites for hydroxylation is 1. The van der Waals surface area contributed by atoms with Crippen LogP contribution in [0.3, 0.4) is 0 Å². The second kappa shape index (κ2) is 13.6. The van der Waals surface area contributed by atoms with E-state index >= 15 is 0 Å². The van der Waals surface area contributed by atoms with Gasteiger partial charge in [0.1, 0.15) is 23.0 Å². The standard InChI is InChI=1S/C34H32N2O8S/c1-5-16-43-24-13-9-12-23(17-24)29(37)27-28(36(32(39)30(27)38)34-35-20(2)31(45-34)33(40)42-4)22-14-15-25(26(18-22)41-3)44-19-21-10-7-6-8-11-21/h6-15,17-18,28,37H,5,16,19H2,1-4H3/b29-27+. The van der Waals surface area contributed by atoms with Crippen LogP contribution in [0, 0.1) is 6.92 Å². The molecule has 1 atom stereocenters. The molecule has 3 aromatic carbocycles. The fraction of sp³-hybridized carbons (Fsp3) is 0.235.